The molecule has 1 atom stereocenters. The maximum absolute atomic E-state index is 13.2. The van der Waals surface area contributed by atoms with Gasteiger partial charge in [-0.3, -0.25) is 9.59 Å². The van der Waals surface area contributed by atoms with Crippen LogP contribution < -0.4 is 5.32 Å². The van der Waals surface area contributed by atoms with Crippen molar-refractivity contribution in [3.05, 3.63) is 35.1 Å². The number of hydrogen-bond donors (Lipinski definition) is 2. The number of aliphatic carboxylic acids is 1. The molecular formula is C11H10F3NO3. The Morgan fingerprint density at radius 1 is 1.28 bits per heavy atom. The van der Waals surface area contributed by atoms with Gasteiger partial charge in [0.1, 0.15) is 6.04 Å². The molecule has 0 saturated heterocycles. The van der Waals surface area contributed by atoms with E-state index in [-0.39, 0.29) is 5.56 Å². The Labute approximate surface area is 100 Å². The van der Waals surface area contributed by atoms with Crippen LogP contribution in [0, 0.1) is 17.5 Å². The molecule has 1 amide bonds. The second-order valence-electron chi connectivity index (χ2n) is 3.64. The minimum atomic E-state index is -1.66. The van der Waals surface area contributed by atoms with E-state index in [1.54, 1.807) is 0 Å². The molecule has 1 unspecified atom stereocenters. The van der Waals surface area contributed by atoms with Crippen LogP contribution in [0.25, 0.3) is 0 Å². The maximum Gasteiger partial charge on any atom is 0.325 e. The summed E-state index contributed by atoms with van der Waals surface area (Å²) >= 11 is 0. The zero-order valence-electron chi connectivity index (χ0n) is 9.34. The summed E-state index contributed by atoms with van der Waals surface area (Å²) < 4.78 is 38.7. The van der Waals surface area contributed by atoms with Gasteiger partial charge in [0.05, 0.1) is 6.42 Å². The highest BCUT2D eigenvalue weighted by Crippen LogP contribution is 2.15. The van der Waals surface area contributed by atoms with E-state index in [2.05, 4.69) is 5.32 Å². The first-order valence-corrected chi connectivity index (χ1v) is 4.97. The van der Waals surface area contributed by atoms with Crippen molar-refractivity contribution < 1.29 is 27.9 Å². The van der Waals surface area contributed by atoms with E-state index in [4.69, 9.17) is 5.11 Å². The number of carbonyl (C=O) groups is 2. The number of hydrogen-bond acceptors (Lipinski definition) is 2. The molecule has 0 aliphatic heterocycles. The minimum absolute atomic E-state index is 0.344. The van der Waals surface area contributed by atoms with E-state index in [1.807, 2.05) is 0 Å². The highest BCUT2D eigenvalue weighted by Gasteiger charge is 2.18. The highest BCUT2D eigenvalue weighted by molar-refractivity contribution is 5.84. The zero-order valence-corrected chi connectivity index (χ0v) is 9.34. The Kier molecular flexibility index (Phi) is 4.30. The number of benzene rings is 1. The molecule has 0 bridgehead atoms. The number of carboxylic acid groups (broad SMARTS) is 1. The van der Waals surface area contributed by atoms with Crippen LogP contribution in [0.2, 0.25) is 0 Å². The summed E-state index contributed by atoms with van der Waals surface area (Å²) in [4.78, 5) is 21.8. The second-order valence-corrected chi connectivity index (χ2v) is 3.64. The number of rotatable bonds is 4. The van der Waals surface area contributed by atoms with E-state index in [9.17, 15) is 22.8 Å². The molecule has 98 valence electrons. The van der Waals surface area contributed by atoms with E-state index in [0.717, 1.165) is 6.07 Å². The fourth-order valence-corrected chi connectivity index (χ4v) is 1.23. The summed E-state index contributed by atoms with van der Waals surface area (Å²) in [6.07, 6.45) is -0.569. The van der Waals surface area contributed by atoms with Gasteiger partial charge >= 0.3 is 5.97 Å². The monoisotopic (exact) mass is 261 g/mol. The fourth-order valence-electron chi connectivity index (χ4n) is 1.23. The van der Waals surface area contributed by atoms with Gasteiger partial charge < -0.3 is 10.4 Å². The Balaban J connectivity index is 2.77. The molecule has 0 radical (unpaired) electrons. The molecular weight excluding hydrogens is 251 g/mol. The van der Waals surface area contributed by atoms with E-state index >= 15 is 0 Å². The van der Waals surface area contributed by atoms with Gasteiger partial charge in [0.25, 0.3) is 0 Å². The summed E-state index contributed by atoms with van der Waals surface area (Å²) in [7, 11) is 0. The van der Waals surface area contributed by atoms with Gasteiger partial charge in [0.2, 0.25) is 5.91 Å². The van der Waals surface area contributed by atoms with Crippen LogP contribution in [0.4, 0.5) is 13.2 Å². The van der Waals surface area contributed by atoms with Crippen molar-refractivity contribution >= 4 is 11.9 Å². The van der Waals surface area contributed by atoms with Crippen LogP contribution in [-0.4, -0.2) is 23.0 Å². The molecule has 0 saturated carbocycles. The van der Waals surface area contributed by atoms with Crippen LogP contribution >= 0.6 is 0 Å². The fraction of sp³-hybridized carbons (Fsp3) is 0.273. The molecule has 0 aliphatic carbocycles. The van der Waals surface area contributed by atoms with Gasteiger partial charge in [-0.1, -0.05) is 6.07 Å². The third-order valence-corrected chi connectivity index (χ3v) is 2.21. The molecule has 4 nitrogen and oxygen atoms in total. The maximum atomic E-state index is 13.2. The molecule has 0 fully saturated rings. The van der Waals surface area contributed by atoms with Crippen LogP contribution in [0.1, 0.15) is 12.5 Å². The van der Waals surface area contributed by atoms with Crippen molar-refractivity contribution in [1.82, 2.24) is 5.32 Å². The molecule has 0 spiro atoms. The van der Waals surface area contributed by atoms with Crippen LogP contribution in [0.3, 0.4) is 0 Å². The summed E-state index contributed by atoms with van der Waals surface area (Å²) in [5.41, 5.74) is -0.344. The van der Waals surface area contributed by atoms with Gasteiger partial charge in [0, 0.05) is 5.56 Å². The number of carboxylic acids is 1. The van der Waals surface area contributed by atoms with Crippen molar-refractivity contribution in [1.29, 1.82) is 0 Å². The van der Waals surface area contributed by atoms with E-state index in [1.165, 1.54) is 6.92 Å². The molecule has 1 aromatic rings. The number of amides is 1. The third-order valence-electron chi connectivity index (χ3n) is 2.21. The van der Waals surface area contributed by atoms with Crippen molar-refractivity contribution in [3.8, 4) is 0 Å². The number of carbonyl (C=O) groups excluding carboxylic acids is 1. The molecule has 1 rings (SSSR count). The standard InChI is InChI=1S/C11H10F3NO3/c1-5(11(17)18)15-8(16)4-6-2-3-7(12)10(14)9(6)13/h2-3,5H,4H2,1H3,(H,15,16)(H,17,18). The Morgan fingerprint density at radius 2 is 1.89 bits per heavy atom. The second kappa shape index (κ2) is 5.52. The molecule has 0 aromatic heterocycles. The lowest BCUT2D eigenvalue weighted by atomic mass is 10.1. The van der Waals surface area contributed by atoms with Gasteiger partial charge in [-0.25, -0.2) is 13.2 Å². The summed E-state index contributed by atoms with van der Waals surface area (Å²) in [5.74, 6) is -6.51. The lowest BCUT2D eigenvalue weighted by Crippen LogP contribution is -2.39. The topological polar surface area (TPSA) is 66.4 Å². The van der Waals surface area contributed by atoms with Crippen LogP contribution in [-0.2, 0) is 16.0 Å². The summed E-state index contributed by atoms with van der Waals surface area (Å²) in [6, 6.07) is 0.478. The molecule has 0 heterocycles. The average Bonchev–Trinajstić information content (AvgIpc) is 2.29. The van der Waals surface area contributed by atoms with Gasteiger partial charge in [-0.15, -0.1) is 0 Å². The predicted molar refractivity (Wildman–Crippen MR) is 55.3 cm³/mol. The van der Waals surface area contributed by atoms with Gasteiger partial charge in [-0.2, -0.15) is 0 Å². The first-order valence-electron chi connectivity index (χ1n) is 4.97. The Bertz CT molecular complexity index is 491. The van der Waals surface area contributed by atoms with Gasteiger partial charge in [-0.05, 0) is 13.0 Å². The van der Waals surface area contributed by atoms with Crippen molar-refractivity contribution in [3.63, 3.8) is 0 Å². The molecule has 7 heteroatoms. The quantitative estimate of drug-likeness (QED) is 0.801. The molecule has 2 N–H and O–H groups in total. The van der Waals surface area contributed by atoms with Crippen molar-refractivity contribution in [2.24, 2.45) is 0 Å². The lowest BCUT2D eigenvalue weighted by Gasteiger charge is -2.09. The highest BCUT2D eigenvalue weighted by atomic mass is 19.2. The zero-order chi connectivity index (χ0) is 13.9. The molecule has 1 aromatic carbocycles. The first kappa shape index (κ1) is 14.0. The lowest BCUT2D eigenvalue weighted by molar-refractivity contribution is -0.141. The Hall–Kier alpha value is -2.05. The largest absolute Gasteiger partial charge is 0.480 e. The van der Waals surface area contributed by atoms with Crippen molar-refractivity contribution in [2.45, 2.75) is 19.4 Å². The van der Waals surface area contributed by atoms with Gasteiger partial charge in [0.15, 0.2) is 17.5 Å². The number of nitrogens with one attached hydrogen (secondary N) is 1. The molecule has 0 aliphatic rings. The average molecular weight is 261 g/mol. The third kappa shape index (κ3) is 3.22. The van der Waals surface area contributed by atoms with Crippen LogP contribution in [0.15, 0.2) is 12.1 Å². The number of halogens is 3. The minimum Gasteiger partial charge on any atom is -0.480 e. The van der Waals surface area contributed by atoms with E-state index < -0.39 is 41.8 Å². The van der Waals surface area contributed by atoms with Crippen LogP contribution in [0.5, 0.6) is 0 Å². The van der Waals surface area contributed by atoms with Crippen molar-refractivity contribution in [2.75, 3.05) is 0 Å². The smallest absolute Gasteiger partial charge is 0.325 e. The normalized spacial score (nSPS) is 12.0. The SMILES string of the molecule is CC(NC(=O)Cc1ccc(F)c(F)c1F)C(=O)O. The first-order chi connectivity index (χ1) is 8.32. The molecule has 18 heavy (non-hydrogen) atoms. The Morgan fingerprint density at radius 3 is 2.44 bits per heavy atom. The van der Waals surface area contributed by atoms with E-state index in [0.29, 0.717) is 6.07 Å². The predicted octanol–water partition coefficient (Wildman–Crippen LogP) is 1.24. The summed E-state index contributed by atoms with van der Waals surface area (Å²) in [5, 5.41) is 10.6. The summed E-state index contributed by atoms with van der Waals surface area (Å²) in [6.45, 7) is 1.22.